The van der Waals surface area contributed by atoms with Crippen molar-refractivity contribution in [3.8, 4) is 0 Å². The Morgan fingerprint density at radius 1 is 1.20 bits per heavy atom. The molecule has 0 saturated heterocycles. The second-order valence-electron chi connectivity index (χ2n) is 6.55. The fourth-order valence-corrected chi connectivity index (χ4v) is 2.58. The summed E-state index contributed by atoms with van der Waals surface area (Å²) in [6.45, 7) is 7.81. The highest BCUT2D eigenvalue weighted by molar-refractivity contribution is 5.82. The molecule has 1 aromatic carbocycles. The van der Waals surface area contributed by atoms with E-state index in [0.29, 0.717) is 0 Å². The standard InChI is InChI=1S/C18H24O2/c1-13-9-11-15(12-10-13)16(14-7-5-6-8-14)17(19)20-18(2,3)4/h7,9-12,16H,5-6,8H2,1-4H3. The smallest absolute Gasteiger partial charge is 0.318 e. The highest BCUT2D eigenvalue weighted by Crippen LogP contribution is 2.34. The van der Waals surface area contributed by atoms with Gasteiger partial charge in [-0.1, -0.05) is 41.5 Å². The average Bonchev–Trinajstić information content (AvgIpc) is 2.83. The molecule has 0 N–H and O–H groups in total. The van der Waals surface area contributed by atoms with Gasteiger partial charge in [0, 0.05) is 0 Å². The van der Waals surface area contributed by atoms with Crippen LogP contribution in [0.2, 0.25) is 0 Å². The third kappa shape index (κ3) is 3.72. The van der Waals surface area contributed by atoms with Crippen molar-refractivity contribution in [3.05, 3.63) is 47.0 Å². The van der Waals surface area contributed by atoms with Crippen LogP contribution in [0.3, 0.4) is 0 Å². The molecule has 1 aliphatic rings. The summed E-state index contributed by atoms with van der Waals surface area (Å²) in [5.41, 5.74) is 3.01. The Hall–Kier alpha value is -1.57. The van der Waals surface area contributed by atoms with Gasteiger partial charge in [-0.25, -0.2) is 0 Å². The highest BCUT2D eigenvalue weighted by Gasteiger charge is 2.30. The number of aryl methyl sites for hydroxylation is 1. The van der Waals surface area contributed by atoms with Crippen molar-refractivity contribution in [1.82, 2.24) is 0 Å². The van der Waals surface area contributed by atoms with Crippen LogP contribution in [0.15, 0.2) is 35.9 Å². The lowest BCUT2D eigenvalue weighted by Crippen LogP contribution is -2.28. The molecule has 1 aromatic rings. The normalized spacial score (nSPS) is 16.7. The predicted octanol–water partition coefficient (Wildman–Crippen LogP) is 4.53. The van der Waals surface area contributed by atoms with E-state index in [9.17, 15) is 4.79 Å². The maximum Gasteiger partial charge on any atom is 0.318 e. The molecule has 20 heavy (non-hydrogen) atoms. The number of allylic oxidation sites excluding steroid dienone is 1. The lowest BCUT2D eigenvalue weighted by Gasteiger charge is -2.25. The lowest BCUT2D eigenvalue weighted by molar-refractivity contribution is -0.155. The van der Waals surface area contributed by atoms with Crippen LogP contribution in [0.5, 0.6) is 0 Å². The van der Waals surface area contributed by atoms with Gasteiger partial charge in [-0.2, -0.15) is 0 Å². The molecule has 0 heterocycles. The van der Waals surface area contributed by atoms with Crippen LogP contribution >= 0.6 is 0 Å². The van der Waals surface area contributed by atoms with E-state index in [1.807, 2.05) is 32.9 Å². The van der Waals surface area contributed by atoms with Gasteiger partial charge in [-0.15, -0.1) is 0 Å². The van der Waals surface area contributed by atoms with Crippen LogP contribution < -0.4 is 0 Å². The number of esters is 1. The number of carbonyl (C=O) groups is 1. The van der Waals surface area contributed by atoms with Crippen molar-refractivity contribution in [2.75, 3.05) is 0 Å². The maximum absolute atomic E-state index is 12.6. The van der Waals surface area contributed by atoms with Gasteiger partial charge in [-0.05, 0) is 52.5 Å². The third-order valence-corrected chi connectivity index (χ3v) is 3.50. The maximum atomic E-state index is 12.6. The van der Waals surface area contributed by atoms with E-state index >= 15 is 0 Å². The summed E-state index contributed by atoms with van der Waals surface area (Å²) in [6.07, 6.45) is 5.41. The van der Waals surface area contributed by atoms with Crippen molar-refractivity contribution in [2.45, 2.75) is 58.5 Å². The zero-order valence-corrected chi connectivity index (χ0v) is 12.9. The minimum Gasteiger partial charge on any atom is -0.459 e. The van der Waals surface area contributed by atoms with Gasteiger partial charge < -0.3 is 4.74 Å². The van der Waals surface area contributed by atoms with E-state index in [-0.39, 0.29) is 11.9 Å². The van der Waals surface area contributed by atoms with Crippen molar-refractivity contribution >= 4 is 5.97 Å². The summed E-state index contributed by atoms with van der Waals surface area (Å²) in [7, 11) is 0. The van der Waals surface area contributed by atoms with E-state index in [0.717, 1.165) is 24.8 Å². The number of hydrogen-bond acceptors (Lipinski definition) is 2. The topological polar surface area (TPSA) is 26.3 Å². The molecule has 1 aliphatic carbocycles. The second-order valence-corrected chi connectivity index (χ2v) is 6.55. The Morgan fingerprint density at radius 3 is 2.35 bits per heavy atom. The molecule has 0 saturated carbocycles. The van der Waals surface area contributed by atoms with Crippen LogP contribution in [0.1, 0.15) is 57.1 Å². The fraction of sp³-hybridized carbons (Fsp3) is 0.500. The summed E-state index contributed by atoms with van der Waals surface area (Å²) in [4.78, 5) is 12.6. The molecule has 1 atom stereocenters. The summed E-state index contributed by atoms with van der Waals surface area (Å²) < 4.78 is 5.62. The van der Waals surface area contributed by atoms with Gasteiger partial charge in [-0.3, -0.25) is 4.79 Å². The van der Waals surface area contributed by atoms with Crippen LogP contribution in [-0.4, -0.2) is 11.6 Å². The van der Waals surface area contributed by atoms with Crippen molar-refractivity contribution in [3.63, 3.8) is 0 Å². The highest BCUT2D eigenvalue weighted by atomic mass is 16.6. The Balaban J connectivity index is 2.30. The number of rotatable bonds is 3. The molecule has 2 rings (SSSR count). The quantitative estimate of drug-likeness (QED) is 0.597. The first-order valence-electron chi connectivity index (χ1n) is 7.35. The number of benzene rings is 1. The van der Waals surface area contributed by atoms with Crippen LogP contribution in [-0.2, 0) is 9.53 Å². The van der Waals surface area contributed by atoms with Gasteiger partial charge in [0.25, 0.3) is 0 Å². The van der Waals surface area contributed by atoms with E-state index in [1.165, 1.54) is 11.1 Å². The Kier molecular flexibility index (Phi) is 4.32. The first kappa shape index (κ1) is 14.8. The molecule has 2 heteroatoms. The van der Waals surface area contributed by atoms with Crippen LogP contribution in [0, 0.1) is 6.92 Å². The van der Waals surface area contributed by atoms with E-state index in [2.05, 4.69) is 25.1 Å². The lowest BCUT2D eigenvalue weighted by atomic mass is 9.90. The molecule has 0 amide bonds. The predicted molar refractivity (Wildman–Crippen MR) is 81.7 cm³/mol. The summed E-state index contributed by atoms with van der Waals surface area (Å²) in [6, 6.07) is 8.20. The van der Waals surface area contributed by atoms with Gasteiger partial charge in [0.15, 0.2) is 0 Å². The van der Waals surface area contributed by atoms with Gasteiger partial charge in [0.1, 0.15) is 11.5 Å². The SMILES string of the molecule is Cc1ccc(C(C(=O)OC(C)(C)C)C2=CCCC2)cc1. The Morgan fingerprint density at radius 2 is 1.85 bits per heavy atom. The molecule has 0 spiro atoms. The molecule has 0 aliphatic heterocycles. The van der Waals surface area contributed by atoms with E-state index in [4.69, 9.17) is 4.74 Å². The summed E-state index contributed by atoms with van der Waals surface area (Å²) in [5.74, 6) is -0.369. The number of hydrogen-bond donors (Lipinski definition) is 0. The zero-order valence-electron chi connectivity index (χ0n) is 12.9. The van der Waals surface area contributed by atoms with E-state index < -0.39 is 5.60 Å². The Labute approximate surface area is 121 Å². The summed E-state index contributed by atoms with van der Waals surface area (Å²) in [5, 5.41) is 0. The van der Waals surface area contributed by atoms with E-state index in [1.54, 1.807) is 0 Å². The Bertz CT molecular complexity index is 503. The molecular weight excluding hydrogens is 248 g/mol. The minimum absolute atomic E-state index is 0.130. The fourth-order valence-electron chi connectivity index (χ4n) is 2.58. The molecule has 2 nitrogen and oxygen atoms in total. The molecule has 0 radical (unpaired) electrons. The molecule has 0 fully saturated rings. The molecule has 0 aromatic heterocycles. The molecule has 108 valence electrons. The van der Waals surface area contributed by atoms with Crippen molar-refractivity contribution in [1.29, 1.82) is 0 Å². The largest absolute Gasteiger partial charge is 0.459 e. The van der Waals surface area contributed by atoms with Crippen LogP contribution in [0.4, 0.5) is 0 Å². The first-order chi connectivity index (χ1) is 9.37. The second kappa shape index (κ2) is 5.82. The van der Waals surface area contributed by atoms with Crippen LogP contribution in [0.25, 0.3) is 0 Å². The molecule has 1 unspecified atom stereocenters. The average molecular weight is 272 g/mol. The monoisotopic (exact) mass is 272 g/mol. The number of ether oxygens (including phenoxy) is 1. The minimum atomic E-state index is -0.445. The van der Waals surface area contributed by atoms with Gasteiger partial charge in [0.05, 0.1) is 0 Å². The molecule has 0 bridgehead atoms. The summed E-state index contributed by atoms with van der Waals surface area (Å²) >= 11 is 0. The van der Waals surface area contributed by atoms with Crippen molar-refractivity contribution in [2.24, 2.45) is 0 Å². The zero-order chi connectivity index (χ0) is 14.8. The van der Waals surface area contributed by atoms with Gasteiger partial charge in [0.2, 0.25) is 0 Å². The number of carbonyl (C=O) groups excluding carboxylic acids is 1. The van der Waals surface area contributed by atoms with Gasteiger partial charge >= 0.3 is 5.97 Å². The molecular formula is C18H24O2. The van der Waals surface area contributed by atoms with Crippen molar-refractivity contribution < 1.29 is 9.53 Å². The first-order valence-corrected chi connectivity index (χ1v) is 7.35. The third-order valence-electron chi connectivity index (χ3n) is 3.50.